The van der Waals surface area contributed by atoms with Crippen molar-refractivity contribution in [1.29, 1.82) is 5.26 Å². The Kier molecular flexibility index (Phi) is 8.59. The van der Waals surface area contributed by atoms with E-state index in [1.807, 2.05) is 25.1 Å². The molecule has 1 heterocycles. The van der Waals surface area contributed by atoms with Gasteiger partial charge in [0.2, 0.25) is 0 Å². The van der Waals surface area contributed by atoms with E-state index in [0.29, 0.717) is 0 Å². The zero-order valence-electron chi connectivity index (χ0n) is 11.3. The summed E-state index contributed by atoms with van der Waals surface area (Å²) in [6.45, 7) is 3.27. The minimum absolute atomic E-state index is 0.0666. The van der Waals surface area contributed by atoms with E-state index in [-0.39, 0.29) is 4.90 Å². The van der Waals surface area contributed by atoms with Crippen LogP contribution in [0.4, 0.5) is 0 Å². The van der Waals surface area contributed by atoms with Crippen LogP contribution in [0.1, 0.15) is 12.5 Å². The zero-order valence-corrected chi connectivity index (χ0v) is 12.1. The molecule has 0 aliphatic heterocycles. The van der Waals surface area contributed by atoms with E-state index in [0.717, 1.165) is 5.56 Å². The van der Waals surface area contributed by atoms with E-state index in [1.165, 1.54) is 19.1 Å². The Morgan fingerprint density at radius 1 is 1.10 bits per heavy atom. The average Bonchev–Trinajstić information content (AvgIpc) is 2.42. The fraction of sp³-hybridized carbons (Fsp3) is 0.143. The first kappa shape index (κ1) is 17.8. The monoisotopic (exact) mass is 292 g/mol. The molecule has 0 radical (unpaired) electrons. The molecule has 0 bridgehead atoms. The SMILES string of the molecule is CC#N.Cc1ccc(S(=O)(=O)O)cc1.c1ccncc1. The first-order valence-electron chi connectivity index (χ1n) is 5.61. The van der Waals surface area contributed by atoms with E-state index in [2.05, 4.69) is 4.98 Å². The van der Waals surface area contributed by atoms with Crippen molar-refractivity contribution in [2.24, 2.45) is 0 Å². The molecule has 20 heavy (non-hydrogen) atoms. The van der Waals surface area contributed by atoms with E-state index in [4.69, 9.17) is 9.81 Å². The summed E-state index contributed by atoms with van der Waals surface area (Å²) >= 11 is 0. The maximum absolute atomic E-state index is 10.5. The predicted octanol–water partition coefficient (Wildman–Crippen LogP) is 2.85. The molecule has 0 atom stereocenters. The molecule has 1 aromatic heterocycles. The molecule has 0 spiro atoms. The van der Waals surface area contributed by atoms with Crippen LogP contribution in [0.5, 0.6) is 0 Å². The topological polar surface area (TPSA) is 91.0 Å². The summed E-state index contributed by atoms with van der Waals surface area (Å²) in [5.74, 6) is 0. The summed E-state index contributed by atoms with van der Waals surface area (Å²) in [5.41, 5.74) is 0.956. The molecule has 2 rings (SSSR count). The second-order valence-corrected chi connectivity index (χ2v) is 4.96. The number of rotatable bonds is 1. The van der Waals surface area contributed by atoms with Crippen molar-refractivity contribution in [3.05, 3.63) is 60.4 Å². The Balaban J connectivity index is 0.000000336. The molecule has 1 N–H and O–H groups in total. The Hall–Kier alpha value is -2.23. The number of pyridine rings is 1. The lowest BCUT2D eigenvalue weighted by Crippen LogP contribution is -1.96. The van der Waals surface area contributed by atoms with Gasteiger partial charge in [0, 0.05) is 19.3 Å². The van der Waals surface area contributed by atoms with Crippen molar-refractivity contribution < 1.29 is 13.0 Å². The van der Waals surface area contributed by atoms with E-state index in [1.54, 1.807) is 30.6 Å². The Labute approximate surface area is 119 Å². The van der Waals surface area contributed by atoms with Crippen molar-refractivity contribution in [2.45, 2.75) is 18.7 Å². The quantitative estimate of drug-likeness (QED) is 0.816. The van der Waals surface area contributed by atoms with Gasteiger partial charge in [-0.3, -0.25) is 9.54 Å². The Morgan fingerprint density at radius 3 is 1.80 bits per heavy atom. The van der Waals surface area contributed by atoms with Crippen LogP contribution in [-0.2, 0) is 10.1 Å². The van der Waals surface area contributed by atoms with E-state index in [9.17, 15) is 8.42 Å². The van der Waals surface area contributed by atoms with Gasteiger partial charge in [-0.1, -0.05) is 23.8 Å². The molecule has 1 aromatic carbocycles. The van der Waals surface area contributed by atoms with Crippen molar-refractivity contribution in [3.8, 4) is 6.07 Å². The molecule has 0 unspecified atom stereocenters. The summed E-state index contributed by atoms with van der Waals surface area (Å²) in [7, 11) is -4.02. The first-order chi connectivity index (χ1) is 9.41. The number of benzene rings is 1. The van der Waals surface area contributed by atoms with Gasteiger partial charge in [-0.2, -0.15) is 13.7 Å². The zero-order chi connectivity index (χ0) is 15.4. The van der Waals surface area contributed by atoms with Gasteiger partial charge in [-0.05, 0) is 31.2 Å². The largest absolute Gasteiger partial charge is 0.294 e. The van der Waals surface area contributed by atoms with Gasteiger partial charge in [0.05, 0.1) is 11.0 Å². The molecule has 0 aliphatic carbocycles. The summed E-state index contributed by atoms with van der Waals surface area (Å²) in [6, 6.07) is 13.5. The number of hydrogen-bond donors (Lipinski definition) is 1. The smallest absolute Gasteiger partial charge is 0.282 e. The number of nitriles is 1. The molecule has 6 heteroatoms. The third kappa shape index (κ3) is 8.80. The minimum Gasteiger partial charge on any atom is -0.282 e. The highest BCUT2D eigenvalue weighted by molar-refractivity contribution is 7.85. The minimum atomic E-state index is -4.02. The van der Waals surface area contributed by atoms with Gasteiger partial charge >= 0.3 is 0 Å². The lowest BCUT2D eigenvalue weighted by Gasteiger charge is -1.95. The summed E-state index contributed by atoms with van der Waals surface area (Å²) < 4.78 is 29.6. The predicted molar refractivity (Wildman–Crippen MR) is 76.5 cm³/mol. The van der Waals surface area contributed by atoms with Crippen LogP contribution in [-0.4, -0.2) is 18.0 Å². The van der Waals surface area contributed by atoms with Gasteiger partial charge in [0.25, 0.3) is 10.1 Å². The number of hydrogen-bond acceptors (Lipinski definition) is 4. The fourth-order valence-electron chi connectivity index (χ4n) is 1.02. The number of nitrogens with zero attached hydrogens (tertiary/aromatic N) is 2. The molecule has 0 saturated heterocycles. The second kappa shape index (κ2) is 9.67. The second-order valence-electron chi connectivity index (χ2n) is 3.54. The van der Waals surface area contributed by atoms with Crippen molar-refractivity contribution in [2.75, 3.05) is 0 Å². The number of aryl methyl sites for hydroxylation is 1. The third-order valence-electron chi connectivity index (χ3n) is 1.89. The number of aromatic nitrogens is 1. The summed E-state index contributed by atoms with van der Waals surface area (Å²) in [5, 5.41) is 7.32. The highest BCUT2D eigenvalue weighted by Gasteiger charge is 2.06. The fourth-order valence-corrected chi connectivity index (χ4v) is 1.50. The van der Waals surface area contributed by atoms with Gasteiger partial charge in [-0.25, -0.2) is 0 Å². The van der Waals surface area contributed by atoms with E-state index < -0.39 is 10.1 Å². The Morgan fingerprint density at radius 2 is 1.55 bits per heavy atom. The molecular formula is C14H16N2O3S. The molecule has 0 aliphatic rings. The lowest BCUT2D eigenvalue weighted by molar-refractivity contribution is 0.483. The standard InChI is InChI=1S/C7H8O3S.C5H5N.C2H3N/c1-6-2-4-7(5-3-6)11(8,9)10;1-2-4-6-5-3-1;1-2-3/h2-5H,1H3,(H,8,9,10);1-5H;1H3. The van der Waals surface area contributed by atoms with E-state index >= 15 is 0 Å². The van der Waals surface area contributed by atoms with Crippen LogP contribution in [0.2, 0.25) is 0 Å². The third-order valence-corrected chi connectivity index (χ3v) is 2.75. The molecule has 0 amide bonds. The molecule has 106 valence electrons. The maximum Gasteiger partial charge on any atom is 0.294 e. The summed E-state index contributed by atoms with van der Waals surface area (Å²) in [6.07, 6.45) is 3.50. The highest BCUT2D eigenvalue weighted by atomic mass is 32.2. The lowest BCUT2D eigenvalue weighted by atomic mass is 10.2. The normalized spacial score (nSPS) is 9.10. The van der Waals surface area contributed by atoms with Gasteiger partial charge < -0.3 is 0 Å². The van der Waals surface area contributed by atoms with Crippen LogP contribution >= 0.6 is 0 Å². The summed E-state index contributed by atoms with van der Waals surface area (Å²) in [4.78, 5) is 3.72. The van der Waals surface area contributed by atoms with Gasteiger partial charge in [0.15, 0.2) is 0 Å². The maximum atomic E-state index is 10.5. The van der Waals surface area contributed by atoms with Crippen LogP contribution in [0.25, 0.3) is 0 Å². The van der Waals surface area contributed by atoms with Crippen molar-refractivity contribution in [3.63, 3.8) is 0 Å². The Bertz CT molecular complexity index is 591. The average molecular weight is 292 g/mol. The molecule has 5 nitrogen and oxygen atoms in total. The van der Waals surface area contributed by atoms with Crippen LogP contribution in [0.15, 0.2) is 59.8 Å². The molecule has 0 saturated carbocycles. The van der Waals surface area contributed by atoms with Gasteiger partial charge in [0.1, 0.15) is 0 Å². The molecule has 2 aromatic rings. The van der Waals surface area contributed by atoms with Crippen LogP contribution in [0.3, 0.4) is 0 Å². The van der Waals surface area contributed by atoms with Crippen molar-refractivity contribution in [1.82, 2.24) is 4.98 Å². The van der Waals surface area contributed by atoms with Crippen LogP contribution < -0.4 is 0 Å². The molecule has 0 fully saturated rings. The highest BCUT2D eigenvalue weighted by Crippen LogP contribution is 2.08. The van der Waals surface area contributed by atoms with Gasteiger partial charge in [-0.15, -0.1) is 0 Å². The first-order valence-corrected chi connectivity index (χ1v) is 7.05. The van der Waals surface area contributed by atoms with Crippen molar-refractivity contribution >= 4 is 10.1 Å². The van der Waals surface area contributed by atoms with Crippen LogP contribution in [0, 0.1) is 18.3 Å². The molecular weight excluding hydrogens is 276 g/mol.